The second kappa shape index (κ2) is 6.77. The van der Waals surface area contributed by atoms with E-state index in [0.717, 1.165) is 18.8 Å². The van der Waals surface area contributed by atoms with Gasteiger partial charge in [0.1, 0.15) is 12.4 Å². The first kappa shape index (κ1) is 14.2. The Labute approximate surface area is 127 Å². The van der Waals surface area contributed by atoms with E-state index in [-0.39, 0.29) is 0 Å². The monoisotopic (exact) mass is 281 g/mol. The number of rotatable bonds is 4. The van der Waals surface area contributed by atoms with E-state index in [1.54, 1.807) is 0 Å². The molecule has 2 aromatic rings. The van der Waals surface area contributed by atoms with Crippen molar-refractivity contribution in [2.24, 2.45) is 0 Å². The van der Waals surface area contributed by atoms with Gasteiger partial charge in [0.25, 0.3) is 0 Å². The fourth-order valence-electron chi connectivity index (χ4n) is 3.15. The average Bonchev–Trinajstić information content (AvgIpc) is 2.55. The fraction of sp³-hybridized carbons (Fsp3) is 0.368. The van der Waals surface area contributed by atoms with Gasteiger partial charge in [-0.1, -0.05) is 42.5 Å². The van der Waals surface area contributed by atoms with Gasteiger partial charge in [0, 0.05) is 5.56 Å². The van der Waals surface area contributed by atoms with Crippen LogP contribution in [0.1, 0.15) is 35.4 Å². The molecule has 1 fully saturated rings. The predicted molar refractivity (Wildman–Crippen MR) is 86.8 cm³/mol. The molecule has 2 nitrogen and oxygen atoms in total. The number of benzene rings is 2. The molecule has 1 N–H and O–H groups in total. The van der Waals surface area contributed by atoms with Crippen molar-refractivity contribution >= 4 is 0 Å². The molecule has 0 atom stereocenters. The summed E-state index contributed by atoms with van der Waals surface area (Å²) < 4.78 is 6.14. The second-order valence-electron chi connectivity index (χ2n) is 5.79. The Kier molecular flexibility index (Phi) is 4.56. The summed E-state index contributed by atoms with van der Waals surface area (Å²) >= 11 is 0. The van der Waals surface area contributed by atoms with Crippen molar-refractivity contribution in [1.82, 2.24) is 5.32 Å². The lowest BCUT2D eigenvalue weighted by atomic mass is 9.87. The number of hydrogen-bond donors (Lipinski definition) is 1. The van der Waals surface area contributed by atoms with Crippen LogP contribution in [0, 0.1) is 6.92 Å². The molecular formula is C19H23NO. The first-order valence-electron chi connectivity index (χ1n) is 7.81. The molecule has 110 valence electrons. The molecule has 0 radical (unpaired) electrons. The zero-order chi connectivity index (χ0) is 14.5. The Morgan fingerprint density at radius 3 is 2.52 bits per heavy atom. The van der Waals surface area contributed by atoms with Crippen molar-refractivity contribution in [3.05, 3.63) is 65.2 Å². The minimum atomic E-state index is 0.623. The summed E-state index contributed by atoms with van der Waals surface area (Å²) in [4.78, 5) is 0. The standard InChI is InChI=1S/C19H23NO/c1-15-6-5-9-18(19(15)17-10-12-20-13-11-17)21-14-16-7-3-2-4-8-16/h2-9,17,20H,10-14H2,1H3. The Balaban J connectivity index is 1.79. The maximum Gasteiger partial charge on any atom is 0.123 e. The van der Waals surface area contributed by atoms with Gasteiger partial charge >= 0.3 is 0 Å². The lowest BCUT2D eigenvalue weighted by molar-refractivity contribution is 0.297. The van der Waals surface area contributed by atoms with E-state index in [1.807, 2.05) is 6.07 Å². The highest BCUT2D eigenvalue weighted by Crippen LogP contribution is 2.35. The van der Waals surface area contributed by atoms with Gasteiger partial charge in [0.2, 0.25) is 0 Å². The van der Waals surface area contributed by atoms with Crippen molar-refractivity contribution < 1.29 is 4.74 Å². The van der Waals surface area contributed by atoms with E-state index in [4.69, 9.17) is 4.74 Å². The highest BCUT2D eigenvalue weighted by molar-refractivity contribution is 5.42. The van der Waals surface area contributed by atoms with Gasteiger partial charge in [-0.3, -0.25) is 0 Å². The minimum Gasteiger partial charge on any atom is -0.489 e. The van der Waals surface area contributed by atoms with Crippen LogP contribution in [0.15, 0.2) is 48.5 Å². The maximum absolute atomic E-state index is 6.14. The van der Waals surface area contributed by atoms with Crippen LogP contribution in [0.3, 0.4) is 0 Å². The average molecular weight is 281 g/mol. The second-order valence-corrected chi connectivity index (χ2v) is 5.79. The highest BCUT2D eigenvalue weighted by atomic mass is 16.5. The molecule has 21 heavy (non-hydrogen) atoms. The zero-order valence-corrected chi connectivity index (χ0v) is 12.6. The number of hydrogen-bond acceptors (Lipinski definition) is 2. The van der Waals surface area contributed by atoms with Crippen LogP contribution in [-0.2, 0) is 6.61 Å². The van der Waals surface area contributed by atoms with E-state index in [0.29, 0.717) is 12.5 Å². The Bertz CT molecular complexity index is 573. The summed E-state index contributed by atoms with van der Waals surface area (Å²) in [5, 5.41) is 3.44. The molecule has 0 unspecified atom stereocenters. The molecular weight excluding hydrogens is 258 g/mol. The molecule has 1 aliphatic heterocycles. The molecule has 0 spiro atoms. The van der Waals surface area contributed by atoms with E-state index in [9.17, 15) is 0 Å². The topological polar surface area (TPSA) is 21.3 Å². The Morgan fingerprint density at radius 2 is 1.76 bits per heavy atom. The quantitative estimate of drug-likeness (QED) is 0.913. The number of nitrogens with one attached hydrogen (secondary N) is 1. The summed E-state index contributed by atoms with van der Waals surface area (Å²) in [5.41, 5.74) is 3.98. The molecule has 2 heteroatoms. The van der Waals surface area contributed by atoms with E-state index >= 15 is 0 Å². The van der Waals surface area contributed by atoms with Crippen LogP contribution >= 0.6 is 0 Å². The summed E-state index contributed by atoms with van der Waals surface area (Å²) in [7, 11) is 0. The van der Waals surface area contributed by atoms with Crippen LogP contribution in [0.2, 0.25) is 0 Å². The van der Waals surface area contributed by atoms with Gasteiger partial charge in [-0.05, 0) is 56.0 Å². The highest BCUT2D eigenvalue weighted by Gasteiger charge is 2.20. The molecule has 1 heterocycles. The molecule has 1 saturated heterocycles. The summed E-state index contributed by atoms with van der Waals surface area (Å²) in [6.07, 6.45) is 2.40. The molecule has 0 amide bonds. The van der Waals surface area contributed by atoms with E-state index in [2.05, 4.69) is 54.7 Å². The molecule has 0 bridgehead atoms. The van der Waals surface area contributed by atoms with Crippen LogP contribution in [-0.4, -0.2) is 13.1 Å². The molecule has 1 aliphatic rings. The maximum atomic E-state index is 6.14. The molecule has 2 aromatic carbocycles. The van der Waals surface area contributed by atoms with Crippen LogP contribution < -0.4 is 10.1 Å². The van der Waals surface area contributed by atoms with Crippen molar-refractivity contribution in [2.45, 2.75) is 32.3 Å². The lowest BCUT2D eigenvalue weighted by Gasteiger charge is -2.26. The van der Waals surface area contributed by atoms with Crippen LogP contribution in [0.25, 0.3) is 0 Å². The Morgan fingerprint density at radius 1 is 1.00 bits per heavy atom. The van der Waals surface area contributed by atoms with Crippen molar-refractivity contribution in [2.75, 3.05) is 13.1 Å². The van der Waals surface area contributed by atoms with Crippen molar-refractivity contribution in [1.29, 1.82) is 0 Å². The van der Waals surface area contributed by atoms with Crippen LogP contribution in [0.4, 0.5) is 0 Å². The number of ether oxygens (including phenoxy) is 1. The molecule has 3 rings (SSSR count). The molecule has 0 saturated carbocycles. The number of piperidine rings is 1. The zero-order valence-electron chi connectivity index (χ0n) is 12.6. The van der Waals surface area contributed by atoms with Gasteiger partial charge in [-0.15, -0.1) is 0 Å². The first-order valence-corrected chi connectivity index (χ1v) is 7.81. The molecule has 0 aliphatic carbocycles. The largest absolute Gasteiger partial charge is 0.489 e. The first-order chi connectivity index (χ1) is 10.3. The Hall–Kier alpha value is -1.80. The lowest BCUT2D eigenvalue weighted by Crippen LogP contribution is -2.27. The van der Waals surface area contributed by atoms with E-state index in [1.165, 1.54) is 29.5 Å². The fourth-order valence-corrected chi connectivity index (χ4v) is 3.15. The van der Waals surface area contributed by atoms with Gasteiger partial charge in [-0.2, -0.15) is 0 Å². The smallest absolute Gasteiger partial charge is 0.123 e. The molecule has 0 aromatic heterocycles. The summed E-state index contributed by atoms with van der Waals surface area (Å²) in [6.45, 7) is 5.06. The van der Waals surface area contributed by atoms with E-state index < -0.39 is 0 Å². The number of aryl methyl sites for hydroxylation is 1. The summed E-state index contributed by atoms with van der Waals surface area (Å²) in [6, 6.07) is 16.8. The van der Waals surface area contributed by atoms with Crippen LogP contribution in [0.5, 0.6) is 5.75 Å². The minimum absolute atomic E-state index is 0.623. The van der Waals surface area contributed by atoms with Gasteiger partial charge in [-0.25, -0.2) is 0 Å². The van der Waals surface area contributed by atoms with Crippen molar-refractivity contribution in [3.63, 3.8) is 0 Å². The van der Waals surface area contributed by atoms with Gasteiger partial charge < -0.3 is 10.1 Å². The van der Waals surface area contributed by atoms with Crippen molar-refractivity contribution in [3.8, 4) is 5.75 Å². The third-order valence-electron chi connectivity index (χ3n) is 4.27. The van der Waals surface area contributed by atoms with Gasteiger partial charge in [0.05, 0.1) is 0 Å². The predicted octanol–water partition coefficient (Wildman–Crippen LogP) is 4.04. The normalized spacial score (nSPS) is 15.9. The summed E-state index contributed by atoms with van der Waals surface area (Å²) in [5.74, 6) is 1.68. The third kappa shape index (κ3) is 3.45. The SMILES string of the molecule is Cc1cccc(OCc2ccccc2)c1C1CCNCC1. The van der Waals surface area contributed by atoms with Gasteiger partial charge in [0.15, 0.2) is 0 Å². The third-order valence-corrected chi connectivity index (χ3v) is 4.27.